The molecule has 0 unspecified atom stereocenters. The van der Waals surface area contributed by atoms with Crippen molar-refractivity contribution in [1.29, 1.82) is 0 Å². The van der Waals surface area contributed by atoms with Crippen molar-refractivity contribution in [2.24, 2.45) is 10.2 Å². The van der Waals surface area contributed by atoms with E-state index in [1.54, 1.807) is 0 Å². The maximum atomic E-state index is 9.19. The van der Waals surface area contributed by atoms with E-state index < -0.39 is 10.1 Å². The Kier molecular flexibility index (Phi) is 12.6. The smallest absolute Gasteiger partial charge is 0.261 e. The molecule has 0 atom stereocenters. The van der Waals surface area contributed by atoms with Gasteiger partial charge in [0, 0.05) is 0 Å². The lowest BCUT2D eigenvalue weighted by atomic mass is 10.2. The zero-order chi connectivity index (χ0) is 17.0. The molecule has 2 rings (SSSR count). The van der Waals surface area contributed by atoms with Crippen LogP contribution in [0, 0.1) is 6.92 Å². The molecule has 1 N–H and O–H groups in total. The van der Waals surface area contributed by atoms with Gasteiger partial charge in [-0.1, -0.05) is 57.2 Å². The van der Waals surface area contributed by atoms with Gasteiger partial charge in [-0.15, -0.1) is 0 Å². The van der Waals surface area contributed by atoms with Crippen LogP contribution in [0.3, 0.4) is 0 Å². The van der Waals surface area contributed by atoms with Crippen molar-refractivity contribution >= 4 is 21.5 Å². The minimum atomic E-state index is -3.67. The van der Waals surface area contributed by atoms with Crippen molar-refractivity contribution in [3.63, 3.8) is 0 Å². The fourth-order valence-electron chi connectivity index (χ4n) is 1.22. The molecule has 5 nitrogen and oxygen atoms in total. The quantitative estimate of drug-likeness (QED) is 0.573. The summed E-state index contributed by atoms with van der Waals surface area (Å²) in [5.74, 6) is 0. The molecule has 0 saturated carbocycles. The number of nitrogens with zero attached hydrogens (tertiary/aromatic N) is 2. The number of hydrogen-bond acceptors (Lipinski definition) is 4. The van der Waals surface area contributed by atoms with Crippen LogP contribution in [0.4, 0.5) is 11.4 Å². The maximum Gasteiger partial charge on any atom is 0.261 e. The van der Waals surface area contributed by atoms with Crippen LogP contribution >= 0.6 is 0 Å². The lowest BCUT2D eigenvalue weighted by molar-refractivity contribution is 0.490. The van der Waals surface area contributed by atoms with Gasteiger partial charge in [-0.3, -0.25) is 4.55 Å². The topological polar surface area (TPSA) is 79.1 Å². The fourth-order valence-corrected chi connectivity index (χ4v) is 1.22. The van der Waals surface area contributed by atoms with E-state index in [0.29, 0.717) is 6.26 Å². The predicted octanol–water partition coefficient (Wildman–Crippen LogP) is 5.58. The molecule has 0 amide bonds. The number of azo groups is 1. The average Bonchev–Trinajstić information content (AvgIpc) is 2.48. The van der Waals surface area contributed by atoms with E-state index in [2.05, 4.69) is 17.2 Å². The summed E-state index contributed by atoms with van der Waals surface area (Å²) in [6.45, 7) is 6.05. The van der Waals surface area contributed by atoms with Crippen LogP contribution in [0.2, 0.25) is 0 Å². The zero-order valence-electron chi connectivity index (χ0n) is 13.3. The highest BCUT2D eigenvalue weighted by Crippen LogP contribution is 2.17. The van der Waals surface area contributed by atoms with E-state index in [-0.39, 0.29) is 7.43 Å². The van der Waals surface area contributed by atoms with Crippen LogP contribution in [0.15, 0.2) is 64.8 Å². The molecule has 2 aromatic rings. The Labute approximate surface area is 139 Å². The van der Waals surface area contributed by atoms with E-state index in [4.69, 9.17) is 4.55 Å². The van der Waals surface area contributed by atoms with Crippen LogP contribution in [0.1, 0.15) is 26.8 Å². The summed E-state index contributed by atoms with van der Waals surface area (Å²) in [5, 5.41) is 8.27. The van der Waals surface area contributed by atoms with Crippen LogP contribution in [-0.4, -0.2) is 19.2 Å². The second kappa shape index (κ2) is 12.5. The molecule has 0 aliphatic heterocycles. The number of hydrogen-bond donors (Lipinski definition) is 1. The molecular formula is C17H26N2O3S. The van der Waals surface area contributed by atoms with E-state index in [1.807, 2.05) is 68.4 Å². The monoisotopic (exact) mass is 338 g/mol. The van der Waals surface area contributed by atoms with E-state index >= 15 is 0 Å². The van der Waals surface area contributed by atoms with Crippen molar-refractivity contribution < 1.29 is 13.0 Å². The van der Waals surface area contributed by atoms with Gasteiger partial charge < -0.3 is 0 Å². The molecule has 2 aromatic carbocycles. The largest absolute Gasteiger partial charge is 0.286 e. The first-order chi connectivity index (χ1) is 10.3. The van der Waals surface area contributed by atoms with Crippen molar-refractivity contribution in [2.45, 2.75) is 28.2 Å². The average molecular weight is 338 g/mol. The molecule has 6 heteroatoms. The molecule has 0 spiro atoms. The van der Waals surface area contributed by atoms with Crippen molar-refractivity contribution in [1.82, 2.24) is 0 Å². The second-order valence-electron chi connectivity index (χ2n) is 4.10. The standard InChI is InChI=1S/C13H12N2.C2H6.CH4O3S.CH4/c1-11-7-9-13(10-8-11)15-14-12-5-3-2-4-6-12;1-2;1-5(2,3)4;/h2-10H,1H3;1-2H3;1H3,(H,2,3,4);1H4. The Morgan fingerprint density at radius 2 is 1.17 bits per heavy atom. The lowest BCUT2D eigenvalue weighted by Crippen LogP contribution is -1.88. The summed E-state index contributed by atoms with van der Waals surface area (Å²) in [7, 11) is -3.67. The number of benzene rings is 2. The molecule has 0 saturated heterocycles. The summed E-state index contributed by atoms with van der Waals surface area (Å²) in [5.41, 5.74) is 2.98. The summed E-state index contributed by atoms with van der Waals surface area (Å²) in [6, 6.07) is 17.7. The van der Waals surface area contributed by atoms with Gasteiger partial charge in [0.2, 0.25) is 0 Å². The highest BCUT2D eigenvalue weighted by atomic mass is 32.2. The van der Waals surface area contributed by atoms with Crippen LogP contribution in [0.5, 0.6) is 0 Å². The van der Waals surface area contributed by atoms with Gasteiger partial charge in [-0.25, -0.2) is 0 Å². The first-order valence-electron chi connectivity index (χ1n) is 6.80. The Balaban J connectivity index is 0. The zero-order valence-corrected chi connectivity index (χ0v) is 14.1. The van der Waals surface area contributed by atoms with E-state index in [1.165, 1.54) is 5.56 Å². The number of aryl methyl sites for hydroxylation is 1. The molecule has 0 heterocycles. The van der Waals surface area contributed by atoms with Crippen molar-refractivity contribution in [3.05, 3.63) is 60.2 Å². The van der Waals surface area contributed by atoms with Crippen molar-refractivity contribution in [3.8, 4) is 0 Å². The van der Waals surface area contributed by atoms with Crippen LogP contribution in [0.25, 0.3) is 0 Å². The Bertz CT molecular complexity index is 644. The molecule has 0 bridgehead atoms. The summed E-state index contributed by atoms with van der Waals surface area (Å²) < 4.78 is 25.9. The summed E-state index contributed by atoms with van der Waals surface area (Å²) in [6.07, 6.45) is 0.715. The highest BCUT2D eigenvalue weighted by Gasteiger charge is 1.89. The summed E-state index contributed by atoms with van der Waals surface area (Å²) >= 11 is 0. The van der Waals surface area contributed by atoms with Crippen molar-refractivity contribution in [2.75, 3.05) is 6.26 Å². The predicted molar refractivity (Wildman–Crippen MR) is 97.3 cm³/mol. The van der Waals surface area contributed by atoms with Gasteiger partial charge >= 0.3 is 0 Å². The molecule has 0 aliphatic carbocycles. The van der Waals surface area contributed by atoms with Gasteiger partial charge in [0.05, 0.1) is 17.6 Å². The Morgan fingerprint density at radius 1 is 0.826 bits per heavy atom. The first kappa shape index (κ1) is 23.2. The third-order valence-electron chi connectivity index (χ3n) is 2.07. The maximum absolute atomic E-state index is 9.19. The van der Waals surface area contributed by atoms with E-state index in [0.717, 1.165) is 11.4 Å². The third kappa shape index (κ3) is 14.6. The molecule has 0 aromatic heterocycles. The Hall–Kier alpha value is -2.05. The van der Waals surface area contributed by atoms with E-state index in [9.17, 15) is 8.42 Å². The summed E-state index contributed by atoms with van der Waals surface area (Å²) in [4.78, 5) is 0. The molecular weight excluding hydrogens is 312 g/mol. The minimum Gasteiger partial charge on any atom is -0.286 e. The molecule has 0 aliphatic rings. The van der Waals surface area contributed by atoms with Gasteiger partial charge in [0.25, 0.3) is 10.1 Å². The number of rotatable bonds is 2. The molecule has 23 heavy (non-hydrogen) atoms. The molecule has 0 radical (unpaired) electrons. The lowest BCUT2D eigenvalue weighted by Gasteiger charge is -1.93. The normalized spacial score (nSPS) is 9.78. The van der Waals surface area contributed by atoms with Gasteiger partial charge in [-0.05, 0) is 31.2 Å². The first-order valence-corrected chi connectivity index (χ1v) is 8.65. The third-order valence-corrected chi connectivity index (χ3v) is 2.07. The SMILES string of the molecule is C.CC.CS(=O)(=O)O.Cc1ccc(N=Nc2ccccc2)cc1. The fraction of sp³-hybridized carbons (Fsp3) is 0.294. The minimum absolute atomic E-state index is 0. The second-order valence-corrected chi connectivity index (χ2v) is 5.57. The van der Waals surface area contributed by atoms with Gasteiger partial charge in [-0.2, -0.15) is 18.6 Å². The van der Waals surface area contributed by atoms with Crippen LogP contribution < -0.4 is 0 Å². The van der Waals surface area contributed by atoms with Gasteiger partial charge in [0.15, 0.2) is 0 Å². The van der Waals surface area contributed by atoms with Crippen LogP contribution in [-0.2, 0) is 10.1 Å². The highest BCUT2D eigenvalue weighted by molar-refractivity contribution is 7.85. The van der Waals surface area contributed by atoms with Gasteiger partial charge in [0.1, 0.15) is 0 Å². The molecule has 128 valence electrons. The molecule has 0 fully saturated rings. The Morgan fingerprint density at radius 3 is 1.57 bits per heavy atom.